The Morgan fingerprint density at radius 2 is 2.00 bits per heavy atom. The SMILES string of the molecule is N#Cc1ccncc1C(=O)Nc1ccc(Cl)cc1. The topological polar surface area (TPSA) is 65.8 Å². The number of halogens is 1. The number of anilines is 1. The smallest absolute Gasteiger partial charge is 0.258 e. The molecule has 1 aromatic heterocycles. The van der Waals surface area contributed by atoms with Crippen molar-refractivity contribution in [2.24, 2.45) is 0 Å². The van der Waals surface area contributed by atoms with E-state index in [1.54, 1.807) is 24.3 Å². The average Bonchev–Trinajstić information content (AvgIpc) is 2.41. The van der Waals surface area contributed by atoms with Crippen LogP contribution in [0.4, 0.5) is 5.69 Å². The van der Waals surface area contributed by atoms with E-state index in [-0.39, 0.29) is 17.0 Å². The molecule has 88 valence electrons. The van der Waals surface area contributed by atoms with Crippen molar-refractivity contribution in [3.05, 3.63) is 58.9 Å². The molecular formula is C13H8ClN3O. The third-order valence-corrected chi connectivity index (χ3v) is 2.54. The van der Waals surface area contributed by atoms with Gasteiger partial charge in [-0.05, 0) is 30.3 Å². The number of nitrogens with one attached hydrogen (secondary N) is 1. The van der Waals surface area contributed by atoms with Crippen LogP contribution in [0.25, 0.3) is 0 Å². The van der Waals surface area contributed by atoms with Gasteiger partial charge >= 0.3 is 0 Å². The van der Waals surface area contributed by atoms with Gasteiger partial charge in [0.15, 0.2) is 0 Å². The highest BCUT2D eigenvalue weighted by molar-refractivity contribution is 6.30. The summed E-state index contributed by atoms with van der Waals surface area (Å²) in [5, 5.41) is 12.2. The molecule has 2 aromatic rings. The molecular weight excluding hydrogens is 250 g/mol. The lowest BCUT2D eigenvalue weighted by Crippen LogP contribution is -2.13. The molecule has 0 saturated carbocycles. The number of rotatable bonds is 2. The number of carbonyl (C=O) groups is 1. The molecule has 0 aliphatic carbocycles. The number of pyridine rings is 1. The van der Waals surface area contributed by atoms with E-state index in [2.05, 4.69) is 10.3 Å². The lowest BCUT2D eigenvalue weighted by Gasteiger charge is -2.05. The molecule has 0 aliphatic rings. The summed E-state index contributed by atoms with van der Waals surface area (Å²) in [6, 6.07) is 10.2. The highest BCUT2D eigenvalue weighted by Gasteiger charge is 2.11. The summed E-state index contributed by atoms with van der Waals surface area (Å²) in [6.07, 6.45) is 2.83. The fraction of sp³-hybridized carbons (Fsp3) is 0. The zero-order valence-corrected chi connectivity index (χ0v) is 9.98. The van der Waals surface area contributed by atoms with E-state index in [9.17, 15) is 4.79 Å². The van der Waals surface area contributed by atoms with E-state index in [1.807, 2.05) is 6.07 Å². The molecule has 1 amide bonds. The van der Waals surface area contributed by atoms with E-state index < -0.39 is 0 Å². The number of nitrogens with zero attached hydrogens (tertiary/aromatic N) is 2. The Morgan fingerprint density at radius 1 is 1.28 bits per heavy atom. The van der Waals surface area contributed by atoms with Crippen molar-refractivity contribution in [3.8, 4) is 6.07 Å². The first-order valence-corrected chi connectivity index (χ1v) is 5.49. The Bertz CT molecular complexity index is 617. The van der Waals surface area contributed by atoms with E-state index in [0.717, 1.165) is 0 Å². The fourth-order valence-electron chi connectivity index (χ4n) is 1.40. The summed E-state index contributed by atoms with van der Waals surface area (Å²) in [6.45, 7) is 0. The monoisotopic (exact) mass is 257 g/mol. The van der Waals surface area contributed by atoms with Crippen molar-refractivity contribution < 1.29 is 4.79 Å². The van der Waals surface area contributed by atoms with Gasteiger partial charge in [0.2, 0.25) is 0 Å². The summed E-state index contributed by atoms with van der Waals surface area (Å²) >= 11 is 5.75. The predicted molar refractivity (Wildman–Crippen MR) is 68.4 cm³/mol. The van der Waals surface area contributed by atoms with Crippen LogP contribution >= 0.6 is 11.6 Å². The standard InChI is InChI=1S/C13H8ClN3O/c14-10-1-3-11(4-2-10)17-13(18)12-8-16-6-5-9(12)7-15/h1-6,8H,(H,17,18). The van der Waals surface area contributed by atoms with Crippen LogP contribution in [0.1, 0.15) is 15.9 Å². The zero-order chi connectivity index (χ0) is 13.0. The minimum Gasteiger partial charge on any atom is -0.322 e. The molecule has 0 unspecified atom stereocenters. The maximum Gasteiger partial charge on any atom is 0.258 e. The number of benzene rings is 1. The molecule has 18 heavy (non-hydrogen) atoms. The van der Waals surface area contributed by atoms with Gasteiger partial charge in [-0.15, -0.1) is 0 Å². The van der Waals surface area contributed by atoms with Gasteiger partial charge in [0.1, 0.15) is 6.07 Å². The third-order valence-electron chi connectivity index (χ3n) is 2.29. The lowest BCUT2D eigenvalue weighted by atomic mass is 10.1. The molecule has 0 atom stereocenters. The lowest BCUT2D eigenvalue weighted by molar-refractivity contribution is 0.102. The van der Waals surface area contributed by atoms with Crippen LogP contribution in [-0.2, 0) is 0 Å². The van der Waals surface area contributed by atoms with Crippen molar-refractivity contribution >= 4 is 23.2 Å². The highest BCUT2D eigenvalue weighted by atomic mass is 35.5. The normalized spacial score (nSPS) is 9.56. The van der Waals surface area contributed by atoms with Gasteiger partial charge in [0.25, 0.3) is 5.91 Å². The van der Waals surface area contributed by atoms with E-state index in [4.69, 9.17) is 16.9 Å². The Hall–Kier alpha value is -2.38. The third kappa shape index (κ3) is 2.65. The Kier molecular flexibility index (Phi) is 3.56. The number of nitriles is 1. The van der Waals surface area contributed by atoms with Crippen LogP contribution in [-0.4, -0.2) is 10.9 Å². The van der Waals surface area contributed by atoms with Crippen LogP contribution in [0.15, 0.2) is 42.7 Å². The number of carbonyl (C=O) groups excluding carboxylic acids is 1. The molecule has 0 bridgehead atoms. The minimum absolute atomic E-state index is 0.245. The van der Waals surface area contributed by atoms with Gasteiger partial charge in [0, 0.05) is 23.1 Å². The first-order chi connectivity index (χ1) is 8.70. The van der Waals surface area contributed by atoms with Gasteiger partial charge in [-0.2, -0.15) is 5.26 Å². The molecule has 1 heterocycles. The summed E-state index contributed by atoms with van der Waals surface area (Å²) in [5.74, 6) is -0.373. The van der Waals surface area contributed by atoms with Gasteiger partial charge in [-0.3, -0.25) is 9.78 Å². The second-order valence-corrected chi connectivity index (χ2v) is 3.93. The number of amides is 1. The molecule has 0 fully saturated rings. The largest absolute Gasteiger partial charge is 0.322 e. The number of hydrogen-bond acceptors (Lipinski definition) is 3. The quantitative estimate of drug-likeness (QED) is 0.900. The van der Waals surface area contributed by atoms with Gasteiger partial charge in [0.05, 0.1) is 11.1 Å². The predicted octanol–water partition coefficient (Wildman–Crippen LogP) is 2.86. The van der Waals surface area contributed by atoms with Gasteiger partial charge < -0.3 is 5.32 Å². The molecule has 0 aliphatic heterocycles. The average molecular weight is 258 g/mol. The molecule has 2 rings (SSSR count). The minimum atomic E-state index is -0.373. The van der Waals surface area contributed by atoms with Crippen LogP contribution < -0.4 is 5.32 Å². The summed E-state index contributed by atoms with van der Waals surface area (Å²) in [7, 11) is 0. The van der Waals surface area contributed by atoms with Crippen LogP contribution in [0.3, 0.4) is 0 Å². The Balaban J connectivity index is 2.22. The van der Waals surface area contributed by atoms with Crippen molar-refractivity contribution in [2.75, 3.05) is 5.32 Å². The van der Waals surface area contributed by atoms with E-state index in [0.29, 0.717) is 10.7 Å². The second-order valence-electron chi connectivity index (χ2n) is 3.49. The van der Waals surface area contributed by atoms with Crippen LogP contribution in [0.5, 0.6) is 0 Å². The second kappa shape index (κ2) is 5.30. The molecule has 1 aromatic carbocycles. The number of aromatic nitrogens is 1. The van der Waals surface area contributed by atoms with E-state index >= 15 is 0 Å². The fourth-order valence-corrected chi connectivity index (χ4v) is 1.53. The van der Waals surface area contributed by atoms with Gasteiger partial charge in [-0.25, -0.2) is 0 Å². The van der Waals surface area contributed by atoms with E-state index in [1.165, 1.54) is 18.5 Å². The summed E-state index contributed by atoms with van der Waals surface area (Å²) in [5.41, 5.74) is 1.14. The molecule has 1 N–H and O–H groups in total. The van der Waals surface area contributed by atoms with Crippen molar-refractivity contribution in [2.45, 2.75) is 0 Å². The first kappa shape index (κ1) is 12.1. The summed E-state index contributed by atoms with van der Waals surface area (Å²) < 4.78 is 0. The Morgan fingerprint density at radius 3 is 2.67 bits per heavy atom. The molecule has 5 heteroatoms. The van der Waals surface area contributed by atoms with Gasteiger partial charge in [-0.1, -0.05) is 11.6 Å². The molecule has 0 saturated heterocycles. The summed E-state index contributed by atoms with van der Waals surface area (Å²) in [4.78, 5) is 15.8. The Labute approximate surface area is 109 Å². The zero-order valence-electron chi connectivity index (χ0n) is 9.22. The molecule has 4 nitrogen and oxygen atoms in total. The maximum atomic E-state index is 11.9. The molecule has 0 spiro atoms. The van der Waals surface area contributed by atoms with Crippen molar-refractivity contribution in [1.29, 1.82) is 5.26 Å². The maximum absolute atomic E-state index is 11.9. The van der Waals surface area contributed by atoms with Crippen LogP contribution in [0.2, 0.25) is 5.02 Å². The van der Waals surface area contributed by atoms with Crippen molar-refractivity contribution in [3.63, 3.8) is 0 Å². The number of hydrogen-bond donors (Lipinski definition) is 1. The molecule has 0 radical (unpaired) electrons. The van der Waals surface area contributed by atoms with Crippen molar-refractivity contribution in [1.82, 2.24) is 4.98 Å². The highest BCUT2D eigenvalue weighted by Crippen LogP contribution is 2.15. The first-order valence-electron chi connectivity index (χ1n) is 5.12. The van der Waals surface area contributed by atoms with Crippen LogP contribution in [0, 0.1) is 11.3 Å².